The molecule has 1 amide bonds. The van der Waals surface area contributed by atoms with Crippen molar-refractivity contribution in [3.05, 3.63) is 12.2 Å². The smallest absolute Gasteiger partial charge is 0.241 e. The molecule has 84 valence electrons. The predicted octanol–water partition coefficient (Wildman–Crippen LogP) is 1.16. The maximum Gasteiger partial charge on any atom is 0.241 e. The first kappa shape index (κ1) is 10.7. The second kappa shape index (κ2) is 3.97. The highest BCUT2D eigenvalue weighted by Crippen LogP contribution is 2.39. The lowest BCUT2D eigenvalue weighted by Gasteiger charge is -2.16. The van der Waals surface area contributed by atoms with Crippen molar-refractivity contribution in [2.75, 3.05) is 13.6 Å². The van der Waals surface area contributed by atoms with Crippen LogP contribution in [0.15, 0.2) is 12.2 Å². The van der Waals surface area contributed by atoms with E-state index >= 15 is 0 Å². The van der Waals surface area contributed by atoms with Gasteiger partial charge in [0.05, 0.1) is 0 Å². The van der Waals surface area contributed by atoms with Gasteiger partial charge in [-0.3, -0.25) is 10.1 Å². The standard InChI is InChI=1S/C12H20N2O/c1-8(2)6-7-14(3)12(15)11-10(13-11)9-4-5-9/h9-11,13H,1,4-7H2,2-3H3/t10-,11+/m0/s1. The van der Waals surface area contributed by atoms with Gasteiger partial charge in [0.25, 0.3) is 0 Å². The normalized spacial score (nSPS) is 28.7. The molecule has 0 bridgehead atoms. The van der Waals surface area contributed by atoms with Crippen LogP contribution in [0.25, 0.3) is 0 Å². The molecule has 1 heterocycles. The van der Waals surface area contributed by atoms with Gasteiger partial charge >= 0.3 is 0 Å². The molecule has 2 rings (SSSR count). The van der Waals surface area contributed by atoms with E-state index in [0.717, 1.165) is 24.5 Å². The summed E-state index contributed by atoms with van der Waals surface area (Å²) in [5.74, 6) is 1.04. The number of hydrogen-bond acceptors (Lipinski definition) is 2. The number of likely N-dealkylation sites (N-methyl/N-ethyl adjacent to an activating group) is 1. The Morgan fingerprint density at radius 2 is 2.20 bits per heavy atom. The predicted molar refractivity (Wildman–Crippen MR) is 60.5 cm³/mol. The second-order valence-corrected chi connectivity index (χ2v) is 4.97. The van der Waals surface area contributed by atoms with Crippen molar-refractivity contribution in [1.29, 1.82) is 0 Å². The Morgan fingerprint density at radius 3 is 2.73 bits per heavy atom. The summed E-state index contributed by atoms with van der Waals surface area (Å²) in [6.45, 7) is 6.64. The van der Waals surface area contributed by atoms with Crippen LogP contribution in [-0.4, -0.2) is 36.5 Å². The Morgan fingerprint density at radius 1 is 1.53 bits per heavy atom. The van der Waals surface area contributed by atoms with Crippen LogP contribution in [0.3, 0.4) is 0 Å². The van der Waals surface area contributed by atoms with Crippen molar-refractivity contribution < 1.29 is 4.79 Å². The molecule has 0 aromatic rings. The molecule has 0 unspecified atom stereocenters. The van der Waals surface area contributed by atoms with Gasteiger partial charge in [0.1, 0.15) is 6.04 Å². The lowest BCUT2D eigenvalue weighted by atomic mass is 10.2. The van der Waals surface area contributed by atoms with Gasteiger partial charge in [-0.25, -0.2) is 0 Å². The molecular weight excluding hydrogens is 188 g/mol. The number of nitrogens with zero attached hydrogens (tertiary/aromatic N) is 1. The molecule has 2 fully saturated rings. The summed E-state index contributed by atoms with van der Waals surface area (Å²) in [6, 6.07) is 0.609. The quantitative estimate of drug-likeness (QED) is 0.544. The number of rotatable bonds is 5. The van der Waals surface area contributed by atoms with E-state index in [1.165, 1.54) is 12.8 Å². The van der Waals surface area contributed by atoms with Crippen molar-refractivity contribution >= 4 is 5.91 Å². The molecule has 3 nitrogen and oxygen atoms in total. The minimum Gasteiger partial charge on any atom is -0.344 e. The average Bonchev–Trinajstić information content (AvgIpc) is 3.02. The van der Waals surface area contributed by atoms with Gasteiger partial charge < -0.3 is 4.90 Å². The molecule has 2 aliphatic rings. The number of amides is 1. The fraction of sp³-hybridized carbons (Fsp3) is 0.750. The molecule has 1 N–H and O–H groups in total. The van der Waals surface area contributed by atoms with Crippen LogP contribution in [-0.2, 0) is 4.79 Å². The van der Waals surface area contributed by atoms with E-state index in [0.29, 0.717) is 6.04 Å². The largest absolute Gasteiger partial charge is 0.344 e. The zero-order chi connectivity index (χ0) is 11.0. The fourth-order valence-electron chi connectivity index (χ4n) is 1.95. The molecule has 3 heteroatoms. The monoisotopic (exact) mass is 208 g/mol. The molecule has 1 saturated carbocycles. The zero-order valence-electron chi connectivity index (χ0n) is 9.62. The van der Waals surface area contributed by atoms with Crippen molar-refractivity contribution in [2.45, 2.75) is 38.3 Å². The van der Waals surface area contributed by atoms with Crippen LogP contribution < -0.4 is 5.32 Å². The first-order chi connectivity index (χ1) is 7.09. The lowest BCUT2D eigenvalue weighted by molar-refractivity contribution is -0.129. The summed E-state index contributed by atoms with van der Waals surface area (Å²) in [6.07, 6.45) is 3.51. The number of hydrogen-bond donors (Lipinski definition) is 1. The Bertz CT molecular complexity index is 283. The highest BCUT2D eigenvalue weighted by atomic mass is 16.2. The summed E-state index contributed by atoms with van der Waals surface area (Å²) in [4.78, 5) is 13.7. The van der Waals surface area contributed by atoms with E-state index in [-0.39, 0.29) is 11.9 Å². The third-order valence-corrected chi connectivity index (χ3v) is 3.27. The van der Waals surface area contributed by atoms with Crippen molar-refractivity contribution in [3.63, 3.8) is 0 Å². The molecule has 2 atom stereocenters. The maximum absolute atomic E-state index is 11.9. The van der Waals surface area contributed by atoms with Crippen LogP contribution >= 0.6 is 0 Å². The van der Waals surface area contributed by atoms with E-state index in [4.69, 9.17) is 0 Å². The van der Waals surface area contributed by atoms with Gasteiger partial charge in [0.15, 0.2) is 0 Å². The maximum atomic E-state index is 11.9. The van der Waals surface area contributed by atoms with Crippen LogP contribution in [0.2, 0.25) is 0 Å². The number of carbonyl (C=O) groups excluding carboxylic acids is 1. The van der Waals surface area contributed by atoms with Crippen molar-refractivity contribution in [3.8, 4) is 0 Å². The Balaban J connectivity index is 1.73. The van der Waals surface area contributed by atoms with Gasteiger partial charge in [-0.2, -0.15) is 0 Å². The Labute approximate surface area is 91.5 Å². The van der Waals surface area contributed by atoms with Gasteiger partial charge in [-0.15, -0.1) is 6.58 Å². The SMILES string of the molecule is C=C(C)CCN(C)C(=O)[C@@H]1N[C@H]1C1CC1. The highest BCUT2D eigenvalue weighted by Gasteiger charge is 2.51. The van der Waals surface area contributed by atoms with E-state index in [9.17, 15) is 4.79 Å². The molecular formula is C12H20N2O. The van der Waals surface area contributed by atoms with E-state index < -0.39 is 0 Å². The van der Waals surface area contributed by atoms with Gasteiger partial charge in [-0.05, 0) is 32.1 Å². The summed E-state index contributed by atoms with van der Waals surface area (Å²) in [5.41, 5.74) is 1.14. The van der Waals surface area contributed by atoms with E-state index in [2.05, 4.69) is 11.9 Å². The van der Waals surface area contributed by atoms with Gasteiger partial charge in [-0.1, -0.05) is 5.57 Å². The van der Waals surface area contributed by atoms with E-state index in [1.807, 2.05) is 18.9 Å². The molecule has 0 aromatic heterocycles. The Hall–Kier alpha value is -0.830. The van der Waals surface area contributed by atoms with E-state index in [1.54, 1.807) is 0 Å². The third-order valence-electron chi connectivity index (χ3n) is 3.27. The van der Waals surface area contributed by atoms with Crippen molar-refractivity contribution in [1.82, 2.24) is 10.2 Å². The molecule has 0 spiro atoms. The molecule has 1 aliphatic heterocycles. The second-order valence-electron chi connectivity index (χ2n) is 4.97. The third kappa shape index (κ3) is 2.59. The summed E-state index contributed by atoms with van der Waals surface area (Å²) in [5, 5.41) is 3.29. The number of carbonyl (C=O) groups is 1. The van der Waals surface area contributed by atoms with Crippen LogP contribution in [0.1, 0.15) is 26.2 Å². The molecule has 0 aromatic carbocycles. The minimum atomic E-state index is 0.118. The molecule has 15 heavy (non-hydrogen) atoms. The number of nitrogens with one attached hydrogen (secondary N) is 1. The average molecular weight is 208 g/mol. The Kier molecular flexibility index (Phi) is 2.83. The van der Waals surface area contributed by atoms with Crippen LogP contribution in [0.4, 0.5) is 0 Å². The van der Waals surface area contributed by atoms with Crippen molar-refractivity contribution in [2.24, 2.45) is 5.92 Å². The first-order valence-corrected chi connectivity index (χ1v) is 5.75. The summed E-state index contributed by atoms with van der Waals surface area (Å²) in [7, 11) is 1.88. The molecule has 1 saturated heterocycles. The van der Waals surface area contributed by atoms with Gasteiger partial charge in [0, 0.05) is 19.6 Å². The summed E-state index contributed by atoms with van der Waals surface area (Å²) < 4.78 is 0. The first-order valence-electron chi connectivity index (χ1n) is 5.75. The highest BCUT2D eigenvalue weighted by molar-refractivity contribution is 5.85. The topological polar surface area (TPSA) is 42.2 Å². The van der Waals surface area contributed by atoms with Gasteiger partial charge in [0.2, 0.25) is 5.91 Å². The molecule has 1 aliphatic carbocycles. The zero-order valence-corrected chi connectivity index (χ0v) is 9.62. The van der Waals surface area contributed by atoms with Crippen LogP contribution in [0.5, 0.6) is 0 Å². The fourth-order valence-corrected chi connectivity index (χ4v) is 1.95. The molecule has 0 radical (unpaired) electrons. The van der Waals surface area contributed by atoms with Crippen LogP contribution in [0, 0.1) is 5.92 Å². The minimum absolute atomic E-state index is 0.118. The summed E-state index contributed by atoms with van der Waals surface area (Å²) >= 11 is 0. The lowest BCUT2D eigenvalue weighted by Crippen LogP contribution is -2.33.